The van der Waals surface area contributed by atoms with E-state index >= 15 is 0 Å². The van der Waals surface area contributed by atoms with Crippen molar-refractivity contribution in [1.29, 1.82) is 0 Å². The number of hydrogen-bond acceptors (Lipinski definition) is 4. The molecule has 1 atom stereocenters. The second-order valence-electron chi connectivity index (χ2n) is 3.99. The molecule has 0 bridgehead atoms. The molecule has 1 aromatic carbocycles. The molecule has 0 saturated carbocycles. The first kappa shape index (κ1) is 14.5. The molecule has 0 aliphatic heterocycles. The van der Waals surface area contributed by atoms with Crippen molar-refractivity contribution in [2.45, 2.75) is 11.8 Å². The van der Waals surface area contributed by atoms with E-state index in [1.165, 1.54) is 17.5 Å². The van der Waals surface area contributed by atoms with Crippen LogP contribution in [0.1, 0.15) is 11.1 Å². The van der Waals surface area contributed by atoms with Crippen LogP contribution in [0.2, 0.25) is 0 Å². The van der Waals surface area contributed by atoms with Gasteiger partial charge in [0.05, 0.1) is 10.5 Å². The van der Waals surface area contributed by atoms with Gasteiger partial charge in [-0.15, -0.1) is 0 Å². The Kier molecular flexibility index (Phi) is 3.53. The molecule has 1 N–H and O–H groups in total. The van der Waals surface area contributed by atoms with Crippen LogP contribution >= 0.6 is 11.3 Å². The Morgan fingerprint density at radius 1 is 1.20 bits per heavy atom. The van der Waals surface area contributed by atoms with Crippen molar-refractivity contribution in [2.24, 2.45) is 0 Å². The van der Waals surface area contributed by atoms with Gasteiger partial charge >= 0.3 is 6.18 Å². The number of benzene rings is 1. The molecule has 8 heteroatoms. The molecule has 2 aromatic rings. The van der Waals surface area contributed by atoms with Crippen molar-refractivity contribution in [1.82, 2.24) is 0 Å². The lowest BCUT2D eigenvalue weighted by atomic mass is 9.86. The lowest BCUT2D eigenvalue weighted by molar-refractivity contribution is -0.388. The quantitative estimate of drug-likeness (QED) is 0.697. The first-order chi connectivity index (χ1) is 9.28. The van der Waals surface area contributed by atoms with Crippen molar-refractivity contribution in [2.75, 3.05) is 0 Å². The Morgan fingerprint density at radius 3 is 2.35 bits per heavy atom. The fraction of sp³-hybridized carbons (Fsp3) is 0.167. The third-order valence-corrected chi connectivity index (χ3v) is 3.52. The van der Waals surface area contributed by atoms with Crippen molar-refractivity contribution < 1.29 is 23.2 Å². The van der Waals surface area contributed by atoms with E-state index in [1.807, 2.05) is 0 Å². The number of para-hydroxylation sites is 1. The maximum atomic E-state index is 13.3. The van der Waals surface area contributed by atoms with Gasteiger partial charge in [0.1, 0.15) is 0 Å². The van der Waals surface area contributed by atoms with Crippen LogP contribution in [0.3, 0.4) is 0 Å². The normalized spacial score (nSPS) is 14.8. The summed E-state index contributed by atoms with van der Waals surface area (Å²) < 4.78 is 40.0. The van der Waals surface area contributed by atoms with Crippen molar-refractivity contribution in [3.05, 3.63) is 62.3 Å². The van der Waals surface area contributed by atoms with E-state index < -0.39 is 33.5 Å². The van der Waals surface area contributed by atoms with Crippen LogP contribution < -0.4 is 0 Å². The van der Waals surface area contributed by atoms with Crippen LogP contribution in [0, 0.1) is 10.1 Å². The largest absolute Gasteiger partial charge is 0.426 e. The van der Waals surface area contributed by atoms with Gasteiger partial charge in [0, 0.05) is 11.6 Å². The summed E-state index contributed by atoms with van der Waals surface area (Å²) in [5, 5.41) is 23.6. The van der Waals surface area contributed by atoms with Crippen LogP contribution in [-0.4, -0.2) is 16.2 Å². The van der Waals surface area contributed by atoms with Gasteiger partial charge in [0.15, 0.2) is 0 Å². The molecule has 106 valence electrons. The summed E-state index contributed by atoms with van der Waals surface area (Å²) in [7, 11) is 0. The molecule has 1 aromatic heterocycles. The molecule has 0 fully saturated rings. The van der Waals surface area contributed by atoms with Gasteiger partial charge in [-0.3, -0.25) is 10.1 Å². The maximum Gasteiger partial charge on any atom is 0.426 e. The van der Waals surface area contributed by atoms with Crippen LogP contribution in [0.25, 0.3) is 0 Å². The molecular formula is C12H8F3NO3S. The summed E-state index contributed by atoms with van der Waals surface area (Å²) in [6.07, 6.45) is -5.08. The van der Waals surface area contributed by atoms with E-state index in [1.54, 1.807) is 0 Å². The number of hydrogen-bond donors (Lipinski definition) is 1. The molecule has 0 amide bonds. The number of nitro benzene ring substituents is 1. The average molecular weight is 303 g/mol. The zero-order valence-corrected chi connectivity index (χ0v) is 10.6. The highest BCUT2D eigenvalue weighted by atomic mass is 32.1. The van der Waals surface area contributed by atoms with Crippen LogP contribution in [-0.2, 0) is 5.60 Å². The second-order valence-corrected chi connectivity index (χ2v) is 4.77. The zero-order chi connectivity index (χ0) is 15.0. The number of thiophene rings is 1. The standard InChI is InChI=1S/C12H8F3NO3S/c13-12(14,15)11(17,8-5-6-20-7-8)9-3-1-2-4-10(9)16(18)19/h1-7,17H. The van der Waals surface area contributed by atoms with Crippen LogP contribution in [0.15, 0.2) is 41.1 Å². The summed E-state index contributed by atoms with van der Waals surface area (Å²) in [6, 6.07) is 5.38. The summed E-state index contributed by atoms with van der Waals surface area (Å²) in [5.41, 5.74) is -5.42. The molecule has 0 saturated heterocycles. The lowest BCUT2D eigenvalue weighted by Crippen LogP contribution is -2.43. The molecule has 0 radical (unpaired) electrons. The molecule has 1 unspecified atom stereocenters. The number of halogens is 3. The van der Waals surface area contributed by atoms with Gasteiger partial charge in [-0.1, -0.05) is 12.1 Å². The van der Waals surface area contributed by atoms with E-state index in [0.29, 0.717) is 0 Å². The number of nitro groups is 1. The van der Waals surface area contributed by atoms with Crippen molar-refractivity contribution >= 4 is 17.0 Å². The Morgan fingerprint density at radius 2 is 1.85 bits per heavy atom. The SMILES string of the molecule is O=[N+]([O-])c1ccccc1C(O)(c1ccsc1)C(F)(F)F. The van der Waals surface area contributed by atoms with Gasteiger partial charge in [-0.25, -0.2) is 0 Å². The first-order valence-corrected chi connectivity index (χ1v) is 6.28. The Balaban J connectivity index is 2.75. The summed E-state index contributed by atoms with van der Waals surface area (Å²) in [5.74, 6) is 0. The van der Waals surface area contributed by atoms with Gasteiger partial charge < -0.3 is 5.11 Å². The fourth-order valence-corrected chi connectivity index (χ4v) is 2.58. The Hall–Kier alpha value is -1.93. The predicted molar refractivity (Wildman–Crippen MR) is 66.5 cm³/mol. The predicted octanol–water partition coefficient (Wildman–Crippen LogP) is 3.45. The summed E-state index contributed by atoms with van der Waals surface area (Å²) >= 11 is 0.962. The van der Waals surface area contributed by atoms with Gasteiger partial charge in [-0.2, -0.15) is 24.5 Å². The van der Waals surface area contributed by atoms with E-state index in [9.17, 15) is 28.4 Å². The molecule has 0 aliphatic rings. The van der Waals surface area contributed by atoms with Crippen molar-refractivity contribution in [3.63, 3.8) is 0 Å². The van der Waals surface area contributed by atoms with E-state index in [0.717, 1.165) is 34.9 Å². The Labute approximate surface area is 115 Å². The van der Waals surface area contributed by atoms with Crippen LogP contribution in [0.4, 0.5) is 18.9 Å². The minimum atomic E-state index is -5.08. The summed E-state index contributed by atoms with van der Waals surface area (Å²) in [4.78, 5) is 9.95. The molecule has 20 heavy (non-hydrogen) atoms. The average Bonchev–Trinajstić information content (AvgIpc) is 2.90. The van der Waals surface area contributed by atoms with Gasteiger partial charge in [0.25, 0.3) is 5.69 Å². The van der Waals surface area contributed by atoms with E-state index in [-0.39, 0.29) is 0 Å². The number of alkyl halides is 3. The van der Waals surface area contributed by atoms with E-state index in [4.69, 9.17) is 0 Å². The smallest absolute Gasteiger partial charge is 0.372 e. The van der Waals surface area contributed by atoms with Gasteiger partial charge in [-0.05, 0) is 22.9 Å². The highest BCUT2D eigenvalue weighted by molar-refractivity contribution is 7.08. The highest BCUT2D eigenvalue weighted by Gasteiger charge is 2.58. The molecule has 2 rings (SSSR count). The lowest BCUT2D eigenvalue weighted by Gasteiger charge is -2.30. The van der Waals surface area contributed by atoms with Gasteiger partial charge in [0.2, 0.25) is 5.60 Å². The highest BCUT2D eigenvalue weighted by Crippen LogP contribution is 2.47. The minimum Gasteiger partial charge on any atom is -0.372 e. The summed E-state index contributed by atoms with van der Waals surface area (Å²) in [6.45, 7) is 0. The monoisotopic (exact) mass is 303 g/mol. The topological polar surface area (TPSA) is 63.4 Å². The second kappa shape index (κ2) is 4.88. The fourth-order valence-electron chi connectivity index (χ4n) is 1.88. The minimum absolute atomic E-state index is 0.440. The first-order valence-electron chi connectivity index (χ1n) is 5.34. The third kappa shape index (κ3) is 2.16. The Bertz CT molecular complexity index is 627. The van der Waals surface area contributed by atoms with E-state index in [2.05, 4.69) is 0 Å². The molecule has 0 spiro atoms. The third-order valence-electron chi connectivity index (χ3n) is 2.84. The molecular weight excluding hydrogens is 295 g/mol. The number of aliphatic hydroxyl groups is 1. The molecule has 0 aliphatic carbocycles. The number of nitrogens with zero attached hydrogens (tertiary/aromatic N) is 1. The number of rotatable bonds is 3. The van der Waals surface area contributed by atoms with Crippen molar-refractivity contribution in [3.8, 4) is 0 Å². The zero-order valence-electron chi connectivity index (χ0n) is 9.79. The molecule has 4 nitrogen and oxygen atoms in total. The maximum absolute atomic E-state index is 13.3. The molecule has 1 heterocycles. The van der Waals surface area contributed by atoms with Crippen LogP contribution in [0.5, 0.6) is 0 Å².